The van der Waals surface area contributed by atoms with Crippen LogP contribution < -0.4 is 10.1 Å². The summed E-state index contributed by atoms with van der Waals surface area (Å²) in [6.45, 7) is 1.28. The highest BCUT2D eigenvalue weighted by Gasteiger charge is 2.19. The fraction of sp³-hybridized carbons (Fsp3) is 0.500. The number of hydrazine groups is 1. The van der Waals surface area contributed by atoms with Crippen LogP contribution in [0.2, 0.25) is 0 Å². The standard InChI is InChI=1S/C14H21N3O4S/c18-11-12-5-7-13(8-6-12)22(20,21)16-14(19)15-17-9-3-1-2-4-10-17/h5-8,18H,1-4,9-11H2,(H2,15,16,19). The van der Waals surface area contributed by atoms with Gasteiger partial charge < -0.3 is 5.11 Å². The Bertz CT molecular complexity index is 593. The number of amides is 2. The Balaban J connectivity index is 1.96. The smallest absolute Gasteiger partial charge is 0.343 e. The number of sulfonamides is 1. The van der Waals surface area contributed by atoms with Crippen LogP contribution in [-0.4, -0.2) is 37.7 Å². The van der Waals surface area contributed by atoms with E-state index in [-0.39, 0.29) is 11.5 Å². The maximum Gasteiger partial charge on any atom is 0.343 e. The lowest BCUT2D eigenvalue weighted by Gasteiger charge is -2.20. The number of rotatable bonds is 4. The van der Waals surface area contributed by atoms with Crippen LogP contribution in [0.5, 0.6) is 0 Å². The summed E-state index contributed by atoms with van der Waals surface area (Å²) < 4.78 is 26.2. The predicted molar refractivity (Wildman–Crippen MR) is 81.3 cm³/mol. The number of urea groups is 1. The van der Waals surface area contributed by atoms with Crippen molar-refractivity contribution >= 4 is 16.1 Å². The summed E-state index contributed by atoms with van der Waals surface area (Å²) >= 11 is 0. The van der Waals surface area contributed by atoms with Gasteiger partial charge in [0.15, 0.2) is 0 Å². The SMILES string of the molecule is O=C(NN1CCCCCC1)NS(=O)(=O)c1ccc(CO)cc1. The minimum atomic E-state index is -3.91. The van der Waals surface area contributed by atoms with Crippen molar-refractivity contribution in [2.45, 2.75) is 37.2 Å². The Morgan fingerprint density at radius 1 is 1.09 bits per heavy atom. The first kappa shape index (κ1) is 16.7. The molecule has 1 saturated heterocycles. The second-order valence-electron chi connectivity index (χ2n) is 5.25. The maximum atomic E-state index is 12.1. The lowest BCUT2D eigenvalue weighted by atomic mass is 10.2. The summed E-state index contributed by atoms with van der Waals surface area (Å²) in [5.74, 6) is 0. The highest BCUT2D eigenvalue weighted by Crippen LogP contribution is 2.11. The number of nitrogens with zero attached hydrogens (tertiary/aromatic N) is 1. The van der Waals surface area contributed by atoms with E-state index in [4.69, 9.17) is 5.11 Å². The largest absolute Gasteiger partial charge is 0.392 e. The van der Waals surface area contributed by atoms with E-state index in [1.165, 1.54) is 24.3 Å². The normalized spacial score (nSPS) is 16.8. The number of carbonyl (C=O) groups is 1. The molecule has 0 aromatic heterocycles. The zero-order valence-corrected chi connectivity index (χ0v) is 13.1. The molecule has 1 aliphatic heterocycles. The molecule has 22 heavy (non-hydrogen) atoms. The van der Waals surface area contributed by atoms with E-state index in [1.807, 2.05) is 4.72 Å². The third-order valence-corrected chi connectivity index (χ3v) is 4.86. The van der Waals surface area contributed by atoms with Crippen LogP contribution in [0.1, 0.15) is 31.2 Å². The molecule has 0 unspecified atom stereocenters. The molecule has 122 valence electrons. The van der Waals surface area contributed by atoms with Crippen LogP contribution in [0.25, 0.3) is 0 Å². The van der Waals surface area contributed by atoms with E-state index in [0.717, 1.165) is 38.8 Å². The molecule has 0 bridgehead atoms. The number of hydrogen-bond acceptors (Lipinski definition) is 5. The third kappa shape index (κ3) is 4.69. The number of nitrogens with one attached hydrogen (secondary N) is 2. The molecule has 0 spiro atoms. The van der Waals surface area contributed by atoms with Crippen molar-refractivity contribution in [3.05, 3.63) is 29.8 Å². The highest BCUT2D eigenvalue weighted by molar-refractivity contribution is 7.90. The molecule has 0 saturated carbocycles. The number of aliphatic hydroxyl groups is 1. The third-order valence-electron chi connectivity index (χ3n) is 3.51. The Hall–Kier alpha value is -1.64. The van der Waals surface area contributed by atoms with Gasteiger partial charge in [0, 0.05) is 13.1 Å². The van der Waals surface area contributed by atoms with E-state index < -0.39 is 16.1 Å². The van der Waals surface area contributed by atoms with E-state index in [9.17, 15) is 13.2 Å². The quantitative estimate of drug-likeness (QED) is 0.765. The molecule has 2 amide bonds. The molecule has 1 aliphatic rings. The second kappa shape index (κ2) is 7.57. The van der Waals surface area contributed by atoms with E-state index in [2.05, 4.69) is 5.43 Å². The molecule has 2 rings (SSSR count). The lowest BCUT2D eigenvalue weighted by Crippen LogP contribution is -2.49. The van der Waals surface area contributed by atoms with Gasteiger partial charge in [-0.3, -0.25) is 5.43 Å². The van der Waals surface area contributed by atoms with Gasteiger partial charge in [0.2, 0.25) is 0 Å². The van der Waals surface area contributed by atoms with Gasteiger partial charge in [-0.1, -0.05) is 25.0 Å². The maximum absolute atomic E-state index is 12.1. The topological polar surface area (TPSA) is 98.7 Å². The first-order valence-corrected chi connectivity index (χ1v) is 8.78. The van der Waals surface area contributed by atoms with Gasteiger partial charge in [-0.25, -0.2) is 22.9 Å². The van der Waals surface area contributed by atoms with Crippen LogP contribution in [-0.2, 0) is 16.6 Å². The van der Waals surface area contributed by atoms with Crippen molar-refractivity contribution in [2.24, 2.45) is 0 Å². The molecular formula is C14H21N3O4S. The van der Waals surface area contributed by atoms with Crippen molar-refractivity contribution in [3.8, 4) is 0 Å². The molecular weight excluding hydrogens is 306 g/mol. The minimum Gasteiger partial charge on any atom is -0.392 e. The van der Waals surface area contributed by atoms with Gasteiger partial charge in [0.1, 0.15) is 0 Å². The van der Waals surface area contributed by atoms with Gasteiger partial charge >= 0.3 is 6.03 Å². The molecule has 0 atom stereocenters. The van der Waals surface area contributed by atoms with Crippen LogP contribution in [0.4, 0.5) is 4.79 Å². The van der Waals surface area contributed by atoms with Crippen molar-refractivity contribution in [3.63, 3.8) is 0 Å². The van der Waals surface area contributed by atoms with Crippen molar-refractivity contribution < 1.29 is 18.3 Å². The van der Waals surface area contributed by atoms with Gasteiger partial charge in [-0.15, -0.1) is 0 Å². The summed E-state index contributed by atoms with van der Waals surface area (Å²) in [5, 5.41) is 10.7. The first-order chi connectivity index (χ1) is 10.5. The van der Waals surface area contributed by atoms with E-state index >= 15 is 0 Å². The molecule has 8 heteroatoms. The summed E-state index contributed by atoms with van der Waals surface area (Å²) in [4.78, 5) is 11.8. The summed E-state index contributed by atoms with van der Waals surface area (Å²) in [7, 11) is -3.91. The Kier molecular flexibility index (Phi) is 5.76. The number of aliphatic hydroxyl groups excluding tert-OH is 1. The van der Waals surface area contributed by atoms with Gasteiger partial charge in [0.25, 0.3) is 10.0 Å². The van der Waals surface area contributed by atoms with Crippen molar-refractivity contribution in [2.75, 3.05) is 13.1 Å². The molecule has 1 fully saturated rings. The fourth-order valence-electron chi connectivity index (χ4n) is 2.30. The summed E-state index contributed by atoms with van der Waals surface area (Å²) in [6.07, 6.45) is 4.20. The minimum absolute atomic E-state index is 0.0179. The number of carbonyl (C=O) groups excluding carboxylic acids is 1. The monoisotopic (exact) mass is 327 g/mol. The van der Waals surface area contributed by atoms with Gasteiger partial charge in [-0.05, 0) is 30.5 Å². The molecule has 7 nitrogen and oxygen atoms in total. The number of benzene rings is 1. The lowest BCUT2D eigenvalue weighted by molar-refractivity contribution is 0.184. The summed E-state index contributed by atoms with van der Waals surface area (Å²) in [5.41, 5.74) is 3.18. The molecule has 0 radical (unpaired) electrons. The summed E-state index contributed by atoms with van der Waals surface area (Å²) in [6, 6.07) is 4.95. The zero-order chi connectivity index (χ0) is 16.0. The van der Waals surface area contributed by atoms with Crippen LogP contribution >= 0.6 is 0 Å². The van der Waals surface area contributed by atoms with Crippen LogP contribution in [0, 0.1) is 0 Å². The Morgan fingerprint density at radius 2 is 1.68 bits per heavy atom. The van der Waals surface area contributed by atoms with Gasteiger partial charge in [0.05, 0.1) is 11.5 Å². The average Bonchev–Trinajstić information content (AvgIpc) is 2.75. The fourth-order valence-corrected chi connectivity index (χ4v) is 3.21. The molecule has 0 aliphatic carbocycles. The van der Waals surface area contributed by atoms with Crippen LogP contribution in [0.15, 0.2) is 29.2 Å². The zero-order valence-electron chi connectivity index (χ0n) is 12.3. The second-order valence-corrected chi connectivity index (χ2v) is 6.93. The van der Waals surface area contributed by atoms with E-state index in [1.54, 1.807) is 5.01 Å². The van der Waals surface area contributed by atoms with Crippen LogP contribution in [0.3, 0.4) is 0 Å². The Labute approximate surface area is 130 Å². The molecule has 3 N–H and O–H groups in total. The molecule has 1 heterocycles. The van der Waals surface area contributed by atoms with Crippen molar-refractivity contribution in [1.29, 1.82) is 0 Å². The predicted octanol–water partition coefficient (Wildman–Crippen LogP) is 0.958. The molecule has 1 aromatic rings. The van der Waals surface area contributed by atoms with Gasteiger partial charge in [-0.2, -0.15) is 0 Å². The number of hydrogen-bond donors (Lipinski definition) is 3. The highest BCUT2D eigenvalue weighted by atomic mass is 32.2. The molecule has 1 aromatic carbocycles. The van der Waals surface area contributed by atoms with E-state index in [0.29, 0.717) is 5.56 Å². The Morgan fingerprint density at radius 3 is 2.23 bits per heavy atom. The van der Waals surface area contributed by atoms with Crippen molar-refractivity contribution in [1.82, 2.24) is 15.2 Å². The first-order valence-electron chi connectivity index (χ1n) is 7.29. The average molecular weight is 327 g/mol.